The van der Waals surface area contributed by atoms with Crippen molar-refractivity contribution in [3.05, 3.63) is 35.9 Å². The summed E-state index contributed by atoms with van der Waals surface area (Å²) in [6, 6.07) is 10.0. The van der Waals surface area contributed by atoms with Crippen molar-refractivity contribution >= 4 is 10.2 Å². The minimum atomic E-state index is -3.41. The van der Waals surface area contributed by atoms with Crippen LogP contribution < -0.4 is 0 Å². The first-order chi connectivity index (χ1) is 10.4. The van der Waals surface area contributed by atoms with Gasteiger partial charge in [-0.05, 0) is 32.5 Å². The molecule has 1 heterocycles. The molecule has 1 aromatic rings. The fraction of sp³-hybridized carbons (Fsp3) is 0.625. The summed E-state index contributed by atoms with van der Waals surface area (Å²) in [4.78, 5) is 2.13. The number of benzene rings is 1. The zero-order valence-electron chi connectivity index (χ0n) is 13.8. The Labute approximate surface area is 134 Å². The maximum Gasteiger partial charge on any atom is 0.282 e. The Bertz CT molecular complexity index is 560. The number of hydrogen-bond acceptors (Lipinski definition) is 3. The van der Waals surface area contributed by atoms with Gasteiger partial charge >= 0.3 is 0 Å². The average molecular weight is 325 g/mol. The van der Waals surface area contributed by atoms with Gasteiger partial charge in [-0.15, -0.1) is 0 Å². The van der Waals surface area contributed by atoms with Gasteiger partial charge in [0.15, 0.2) is 0 Å². The number of hydrogen-bond donors (Lipinski definition) is 0. The predicted molar refractivity (Wildman–Crippen MR) is 89.7 cm³/mol. The maximum absolute atomic E-state index is 12.8. The third kappa shape index (κ3) is 4.29. The third-order valence-corrected chi connectivity index (χ3v) is 6.21. The molecule has 5 nitrogen and oxygen atoms in total. The second-order valence-electron chi connectivity index (χ2n) is 6.22. The van der Waals surface area contributed by atoms with Crippen LogP contribution >= 0.6 is 0 Å². The van der Waals surface area contributed by atoms with E-state index in [4.69, 9.17) is 0 Å². The van der Waals surface area contributed by atoms with Crippen molar-refractivity contribution in [3.8, 4) is 0 Å². The molecule has 1 aromatic carbocycles. The van der Waals surface area contributed by atoms with Gasteiger partial charge in [-0.2, -0.15) is 17.0 Å². The van der Waals surface area contributed by atoms with E-state index in [1.54, 1.807) is 11.4 Å². The van der Waals surface area contributed by atoms with E-state index in [2.05, 4.69) is 4.90 Å². The largest absolute Gasteiger partial charge is 0.305 e. The van der Waals surface area contributed by atoms with E-state index in [1.807, 2.05) is 44.4 Å². The molecule has 0 N–H and O–H groups in total. The highest BCUT2D eigenvalue weighted by Gasteiger charge is 2.31. The summed E-state index contributed by atoms with van der Waals surface area (Å²) < 4.78 is 28.8. The molecule has 1 atom stereocenters. The standard InChI is InChI=1S/C16H27N3O2S/c1-17(2)16-11-7-8-12-19(14-16)22(20,21)18(3)13-15-9-5-4-6-10-15/h4-6,9-10,16H,7-8,11-14H2,1-3H3/t16-/m0/s1. The smallest absolute Gasteiger partial charge is 0.282 e. The van der Waals surface area contributed by atoms with Crippen molar-refractivity contribution in [2.24, 2.45) is 0 Å². The molecule has 22 heavy (non-hydrogen) atoms. The molecule has 6 heteroatoms. The van der Waals surface area contributed by atoms with E-state index < -0.39 is 10.2 Å². The molecule has 0 aliphatic carbocycles. The molecule has 0 spiro atoms. The molecule has 0 amide bonds. The van der Waals surface area contributed by atoms with Gasteiger partial charge < -0.3 is 4.90 Å². The van der Waals surface area contributed by atoms with E-state index in [1.165, 1.54) is 4.31 Å². The average Bonchev–Trinajstić information content (AvgIpc) is 2.74. The molecule has 124 valence electrons. The van der Waals surface area contributed by atoms with Crippen LogP contribution in [0.4, 0.5) is 0 Å². The van der Waals surface area contributed by atoms with E-state index >= 15 is 0 Å². The zero-order chi connectivity index (χ0) is 16.2. The summed E-state index contributed by atoms with van der Waals surface area (Å²) in [6.45, 7) is 1.60. The lowest BCUT2D eigenvalue weighted by atomic mass is 10.1. The fourth-order valence-electron chi connectivity index (χ4n) is 2.84. The van der Waals surface area contributed by atoms with Gasteiger partial charge in [-0.25, -0.2) is 0 Å². The first-order valence-electron chi connectivity index (χ1n) is 7.83. The van der Waals surface area contributed by atoms with Crippen LogP contribution in [0.5, 0.6) is 0 Å². The van der Waals surface area contributed by atoms with Crippen molar-refractivity contribution < 1.29 is 8.42 Å². The highest BCUT2D eigenvalue weighted by Crippen LogP contribution is 2.19. The monoisotopic (exact) mass is 325 g/mol. The lowest BCUT2D eigenvalue weighted by Gasteiger charge is -2.30. The predicted octanol–water partition coefficient (Wildman–Crippen LogP) is 1.78. The Morgan fingerprint density at radius 1 is 1.14 bits per heavy atom. The minimum Gasteiger partial charge on any atom is -0.305 e. The highest BCUT2D eigenvalue weighted by atomic mass is 32.2. The summed E-state index contributed by atoms with van der Waals surface area (Å²) in [5, 5.41) is 0. The Morgan fingerprint density at radius 3 is 2.45 bits per heavy atom. The normalized spacial score (nSPS) is 21.2. The highest BCUT2D eigenvalue weighted by molar-refractivity contribution is 7.86. The molecule has 0 saturated carbocycles. The van der Waals surface area contributed by atoms with Crippen LogP contribution in [0.3, 0.4) is 0 Å². The maximum atomic E-state index is 12.8. The van der Waals surface area contributed by atoms with Crippen molar-refractivity contribution in [1.82, 2.24) is 13.5 Å². The lowest BCUT2D eigenvalue weighted by molar-refractivity contribution is 0.242. The van der Waals surface area contributed by atoms with Crippen LogP contribution in [-0.4, -0.2) is 62.2 Å². The molecule has 1 aliphatic heterocycles. The molecular weight excluding hydrogens is 298 g/mol. The molecule has 2 rings (SSSR count). The molecule has 0 unspecified atom stereocenters. The second-order valence-corrected chi connectivity index (χ2v) is 8.26. The summed E-state index contributed by atoms with van der Waals surface area (Å²) in [7, 11) is 2.30. The van der Waals surface area contributed by atoms with Crippen LogP contribution in [0.15, 0.2) is 30.3 Å². The van der Waals surface area contributed by atoms with Gasteiger partial charge in [-0.1, -0.05) is 36.8 Å². The van der Waals surface area contributed by atoms with E-state index in [0.29, 0.717) is 25.7 Å². The van der Waals surface area contributed by atoms with E-state index in [-0.39, 0.29) is 0 Å². The number of rotatable bonds is 5. The van der Waals surface area contributed by atoms with Crippen molar-refractivity contribution in [2.45, 2.75) is 31.8 Å². The Balaban J connectivity index is 2.10. The molecular formula is C16H27N3O2S. The van der Waals surface area contributed by atoms with Gasteiger partial charge in [0.05, 0.1) is 0 Å². The van der Waals surface area contributed by atoms with Crippen LogP contribution in [-0.2, 0) is 16.8 Å². The SMILES string of the molecule is CN(C)[C@H]1CCCCN(S(=O)(=O)N(C)Cc2ccccc2)C1. The van der Waals surface area contributed by atoms with E-state index in [9.17, 15) is 8.42 Å². The Kier molecular flexibility index (Phi) is 5.97. The first-order valence-corrected chi connectivity index (χ1v) is 9.22. The van der Waals surface area contributed by atoms with Gasteiger partial charge in [-0.3, -0.25) is 0 Å². The Morgan fingerprint density at radius 2 is 1.82 bits per heavy atom. The number of likely N-dealkylation sites (N-methyl/N-ethyl adjacent to an activating group) is 1. The summed E-state index contributed by atoms with van der Waals surface area (Å²) in [6.07, 6.45) is 3.07. The van der Waals surface area contributed by atoms with E-state index in [0.717, 1.165) is 24.8 Å². The molecule has 1 aliphatic rings. The molecule has 0 radical (unpaired) electrons. The fourth-order valence-corrected chi connectivity index (χ4v) is 4.26. The van der Waals surface area contributed by atoms with Crippen LogP contribution in [0, 0.1) is 0 Å². The van der Waals surface area contributed by atoms with Gasteiger partial charge in [0, 0.05) is 32.7 Å². The first kappa shape index (κ1) is 17.4. The van der Waals surface area contributed by atoms with Crippen molar-refractivity contribution in [3.63, 3.8) is 0 Å². The van der Waals surface area contributed by atoms with Gasteiger partial charge in [0.1, 0.15) is 0 Å². The molecule has 1 fully saturated rings. The van der Waals surface area contributed by atoms with Crippen LogP contribution in [0.2, 0.25) is 0 Å². The summed E-state index contributed by atoms with van der Waals surface area (Å²) in [5.74, 6) is 0. The molecule has 1 saturated heterocycles. The Hall–Kier alpha value is -0.950. The zero-order valence-corrected chi connectivity index (χ0v) is 14.6. The minimum absolute atomic E-state index is 0.294. The third-order valence-electron chi connectivity index (χ3n) is 4.31. The topological polar surface area (TPSA) is 43.9 Å². The second kappa shape index (κ2) is 7.55. The number of nitrogens with zero attached hydrogens (tertiary/aromatic N) is 3. The lowest BCUT2D eigenvalue weighted by Crippen LogP contribution is -2.46. The van der Waals surface area contributed by atoms with Gasteiger partial charge in [0.2, 0.25) is 0 Å². The van der Waals surface area contributed by atoms with Crippen molar-refractivity contribution in [2.75, 3.05) is 34.2 Å². The molecule has 0 aromatic heterocycles. The van der Waals surface area contributed by atoms with Crippen LogP contribution in [0.25, 0.3) is 0 Å². The van der Waals surface area contributed by atoms with Gasteiger partial charge in [0.25, 0.3) is 10.2 Å². The van der Waals surface area contributed by atoms with Crippen LogP contribution in [0.1, 0.15) is 24.8 Å². The van der Waals surface area contributed by atoms with Crippen molar-refractivity contribution in [1.29, 1.82) is 0 Å². The summed E-state index contributed by atoms with van der Waals surface area (Å²) in [5.41, 5.74) is 1.01. The molecule has 0 bridgehead atoms. The summed E-state index contributed by atoms with van der Waals surface area (Å²) >= 11 is 0. The quantitative estimate of drug-likeness (QED) is 0.829.